The van der Waals surface area contributed by atoms with Crippen LogP contribution in [-0.4, -0.2) is 80.7 Å². The van der Waals surface area contributed by atoms with Gasteiger partial charge in [-0.2, -0.15) is 4.31 Å². The highest BCUT2D eigenvalue weighted by atomic mass is 79.9. The van der Waals surface area contributed by atoms with Gasteiger partial charge in [0.05, 0.1) is 11.4 Å². The first kappa shape index (κ1) is 24.4. The summed E-state index contributed by atoms with van der Waals surface area (Å²) in [5.41, 5.74) is 1.06. The first-order chi connectivity index (χ1) is 15.2. The van der Waals surface area contributed by atoms with E-state index in [2.05, 4.69) is 26.1 Å². The van der Waals surface area contributed by atoms with Crippen LogP contribution in [-0.2, 0) is 14.8 Å². The van der Waals surface area contributed by atoms with Crippen molar-refractivity contribution in [3.05, 3.63) is 58.6 Å². The average molecular weight is 523 g/mol. The molecule has 2 amide bonds. The van der Waals surface area contributed by atoms with Gasteiger partial charge in [-0.15, -0.1) is 0 Å². The summed E-state index contributed by atoms with van der Waals surface area (Å²) >= 11 is 3.28. The fourth-order valence-corrected chi connectivity index (χ4v) is 5.04. The van der Waals surface area contributed by atoms with Crippen molar-refractivity contribution in [2.75, 3.05) is 51.6 Å². The Morgan fingerprint density at radius 2 is 1.59 bits per heavy atom. The van der Waals surface area contributed by atoms with E-state index in [4.69, 9.17) is 0 Å². The monoisotopic (exact) mass is 522 g/mol. The van der Waals surface area contributed by atoms with Crippen LogP contribution in [0.5, 0.6) is 0 Å². The van der Waals surface area contributed by atoms with Crippen LogP contribution in [0.3, 0.4) is 0 Å². The van der Waals surface area contributed by atoms with E-state index >= 15 is 0 Å². The number of nitrogens with zero attached hydrogens (tertiary/aromatic N) is 3. The molecular weight excluding hydrogens is 496 g/mol. The van der Waals surface area contributed by atoms with E-state index in [1.54, 1.807) is 43.3 Å². The minimum atomic E-state index is -3.79. The topological polar surface area (TPSA) is 90.0 Å². The fourth-order valence-electron chi connectivity index (χ4n) is 3.37. The van der Waals surface area contributed by atoms with Crippen LogP contribution >= 0.6 is 15.9 Å². The molecule has 0 aliphatic carbocycles. The number of benzene rings is 2. The van der Waals surface area contributed by atoms with E-state index in [0.717, 1.165) is 21.9 Å². The quantitative estimate of drug-likeness (QED) is 0.603. The summed E-state index contributed by atoms with van der Waals surface area (Å²) in [4.78, 5) is 29.3. The molecule has 3 rings (SSSR count). The zero-order valence-electron chi connectivity index (χ0n) is 18.1. The minimum Gasteiger partial charge on any atom is -0.336 e. The maximum atomic E-state index is 12.8. The Hall–Kier alpha value is -2.27. The predicted octanol–water partition coefficient (Wildman–Crippen LogP) is 2.49. The summed E-state index contributed by atoms with van der Waals surface area (Å²) < 4.78 is 27.6. The Morgan fingerprint density at radius 3 is 2.16 bits per heavy atom. The van der Waals surface area contributed by atoms with Crippen molar-refractivity contribution >= 4 is 43.5 Å². The highest BCUT2D eigenvalue weighted by Crippen LogP contribution is 2.19. The molecule has 0 aromatic heterocycles. The minimum absolute atomic E-state index is 0.0336. The number of anilines is 1. The van der Waals surface area contributed by atoms with Gasteiger partial charge in [0, 0.05) is 48.4 Å². The molecule has 0 atom stereocenters. The van der Waals surface area contributed by atoms with Gasteiger partial charge in [-0.25, -0.2) is 8.42 Å². The standard InChI is InChI=1S/C22H27BrN4O4S/c1-3-27(32(30,31)20-10-6-18(23)7-11-20)16-21(28)24-19-8-4-17(5-9-19)22(29)26-14-12-25(2)13-15-26/h4-11H,3,12-16H2,1-2H3,(H,24,28). The van der Waals surface area contributed by atoms with Gasteiger partial charge in [0.2, 0.25) is 15.9 Å². The molecular formula is C22H27BrN4O4S. The molecule has 172 valence electrons. The molecule has 10 heteroatoms. The molecule has 1 fully saturated rings. The summed E-state index contributed by atoms with van der Waals surface area (Å²) in [5.74, 6) is -0.487. The smallest absolute Gasteiger partial charge is 0.253 e. The van der Waals surface area contributed by atoms with Crippen molar-refractivity contribution in [3.63, 3.8) is 0 Å². The molecule has 8 nitrogen and oxygen atoms in total. The fraction of sp³-hybridized carbons (Fsp3) is 0.364. The lowest BCUT2D eigenvalue weighted by Crippen LogP contribution is -2.47. The first-order valence-electron chi connectivity index (χ1n) is 10.3. The van der Waals surface area contributed by atoms with E-state index in [1.165, 1.54) is 12.1 Å². The van der Waals surface area contributed by atoms with Crippen LogP contribution in [0.25, 0.3) is 0 Å². The Kier molecular flexibility index (Phi) is 8.05. The van der Waals surface area contributed by atoms with Crippen molar-refractivity contribution in [2.24, 2.45) is 0 Å². The second-order valence-corrected chi connectivity index (χ2v) is 10.5. The summed E-state index contributed by atoms with van der Waals surface area (Å²) in [6.07, 6.45) is 0. The highest BCUT2D eigenvalue weighted by Gasteiger charge is 2.25. The summed E-state index contributed by atoms with van der Waals surface area (Å²) in [6.45, 7) is 4.60. The molecule has 2 aromatic rings. The number of carbonyl (C=O) groups is 2. The summed E-state index contributed by atoms with van der Waals surface area (Å²) in [6, 6.07) is 12.9. The lowest BCUT2D eigenvalue weighted by molar-refractivity contribution is -0.116. The predicted molar refractivity (Wildman–Crippen MR) is 127 cm³/mol. The van der Waals surface area contributed by atoms with E-state index in [1.807, 2.05) is 11.9 Å². The van der Waals surface area contributed by atoms with Crippen molar-refractivity contribution in [1.82, 2.24) is 14.1 Å². The number of carbonyl (C=O) groups excluding carboxylic acids is 2. The Labute approximate surface area is 197 Å². The Morgan fingerprint density at radius 1 is 1.00 bits per heavy atom. The van der Waals surface area contributed by atoms with Crippen LogP contribution in [0.2, 0.25) is 0 Å². The number of sulfonamides is 1. The molecule has 1 heterocycles. The van der Waals surface area contributed by atoms with Crippen molar-refractivity contribution < 1.29 is 18.0 Å². The van der Waals surface area contributed by atoms with Crippen LogP contribution in [0.4, 0.5) is 5.69 Å². The second-order valence-electron chi connectivity index (χ2n) is 7.61. The normalized spacial score (nSPS) is 15.1. The first-order valence-corrected chi connectivity index (χ1v) is 12.6. The number of likely N-dealkylation sites (N-methyl/N-ethyl adjacent to an activating group) is 2. The second kappa shape index (κ2) is 10.6. The van der Waals surface area contributed by atoms with Gasteiger partial charge < -0.3 is 15.1 Å². The van der Waals surface area contributed by atoms with E-state index < -0.39 is 15.9 Å². The molecule has 0 bridgehead atoms. The number of halogens is 1. The molecule has 1 aliphatic heterocycles. The van der Waals surface area contributed by atoms with Crippen molar-refractivity contribution in [1.29, 1.82) is 0 Å². The number of piperazine rings is 1. The summed E-state index contributed by atoms with van der Waals surface area (Å²) in [7, 11) is -1.76. The molecule has 0 saturated carbocycles. The van der Waals surface area contributed by atoms with Crippen LogP contribution in [0, 0.1) is 0 Å². The van der Waals surface area contributed by atoms with Gasteiger partial charge in [0.25, 0.3) is 5.91 Å². The van der Waals surface area contributed by atoms with Gasteiger partial charge >= 0.3 is 0 Å². The van der Waals surface area contributed by atoms with Crippen LogP contribution in [0.1, 0.15) is 17.3 Å². The van der Waals surface area contributed by atoms with Crippen LogP contribution in [0.15, 0.2) is 57.9 Å². The van der Waals surface area contributed by atoms with Crippen molar-refractivity contribution in [3.8, 4) is 0 Å². The zero-order valence-corrected chi connectivity index (χ0v) is 20.5. The summed E-state index contributed by atoms with van der Waals surface area (Å²) in [5, 5.41) is 2.71. The van der Waals surface area contributed by atoms with Crippen LogP contribution < -0.4 is 5.32 Å². The molecule has 32 heavy (non-hydrogen) atoms. The lowest BCUT2D eigenvalue weighted by Gasteiger charge is -2.32. The third-order valence-corrected chi connectivity index (χ3v) is 7.79. The maximum absolute atomic E-state index is 12.8. The molecule has 1 aliphatic rings. The SMILES string of the molecule is CCN(CC(=O)Nc1ccc(C(=O)N2CCN(C)CC2)cc1)S(=O)(=O)c1ccc(Br)cc1. The van der Waals surface area contributed by atoms with E-state index in [9.17, 15) is 18.0 Å². The Balaban J connectivity index is 1.61. The van der Waals surface area contributed by atoms with Gasteiger partial charge in [-0.1, -0.05) is 22.9 Å². The van der Waals surface area contributed by atoms with Gasteiger partial charge in [0.1, 0.15) is 0 Å². The molecule has 0 spiro atoms. The molecule has 1 N–H and O–H groups in total. The number of rotatable bonds is 7. The molecule has 0 radical (unpaired) electrons. The number of amides is 2. The largest absolute Gasteiger partial charge is 0.336 e. The molecule has 1 saturated heterocycles. The maximum Gasteiger partial charge on any atom is 0.253 e. The van der Waals surface area contributed by atoms with Crippen molar-refractivity contribution in [2.45, 2.75) is 11.8 Å². The number of hydrogen-bond acceptors (Lipinski definition) is 5. The van der Waals surface area contributed by atoms with Gasteiger partial charge in [0.15, 0.2) is 0 Å². The van der Waals surface area contributed by atoms with Gasteiger partial charge in [-0.3, -0.25) is 9.59 Å². The number of nitrogens with one attached hydrogen (secondary N) is 1. The lowest BCUT2D eigenvalue weighted by atomic mass is 10.1. The zero-order chi connectivity index (χ0) is 23.3. The highest BCUT2D eigenvalue weighted by molar-refractivity contribution is 9.10. The third-order valence-electron chi connectivity index (χ3n) is 5.33. The van der Waals surface area contributed by atoms with E-state index in [-0.39, 0.29) is 23.9 Å². The Bertz CT molecular complexity index is 1050. The van der Waals surface area contributed by atoms with Gasteiger partial charge in [-0.05, 0) is 55.6 Å². The average Bonchev–Trinajstić information content (AvgIpc) is 2.78. The molecule has 2 aromatic carbocycles. The number of hydrogen-bond donors (Lipinski definition) is 1. The van der Waals surface area contributed by atoms with E-state index in [0.29, 0.717) is 24.3 Å². The molecule has 0 unspecified atom stereocenters. The third kappa shape index (κ3) is 5.94.